The van der Waals surface area contributed by atoms with Crippen LogP contribution in [0, 0.1) is 6.92 Å². The lowest BCUT2D eigenvalue weighted by Crippen LogP contribution is -2.38. The Labute approximate surface area is 122 Å². The summed E-state index contributed by atoms with van der Waals surface area (Å²) in [6.07, 6.45) is 0.948. The molecule has 112 valence electrons. The lowest BCUT2D eigenvalue weighted by atomic mass is 10.1. The van der Waals surface area contributed by atoms with E-state index in [4.69, 9.17) is 4.74 Å². The zero-order valence-electron chi connectivity index (χ0n) is 13.1. The summed E-state index contributed by atoms with van der Waals surface area (Å²) in [5, 5.41) is 3.33. The highest BCUT2D eigenvalue weighted by atomic mass is 16.5. The molecule has 0 unspecified atom stereocenters. The monoisotopic (exact) mass is 277 g/mol. The fraction of sp³-hybridized carbons (Fsp3) is 0.562. The van der Waals surface area contributed by atoms with Crippen molar-refractivity contribution in [3.63, 3.8) is 0 Å². The van der Waals surface area contributed by atoms with Crippen molar-refractivity contribution in [2.75, 3.05) is 33.9 Å². The lowest BCUT2D eigenvalue weighted by Gasteiger charge is -2.23. The number of methoxy groups -OCH3 is 1. The highest BCUT2D eigenvalue weighted by molar-refractivity contribution is 5.79. The summed E-state index contributed by atoms with van der Waals surface area (Å²) < 4.78 is 5.05. The Bertz CT molecular complexity index is 418. The van der Waals surface area contributed by atoms with Gasteiger partial charge in [-0.1, -0.05) is 24.3 Å². The van der Waals surface area contributed by atoms with Crippen LogP contribution in [0.1, 0.15) is 24.5 Å². The van der Waals surface area contributed by atoms with Gasteiger partial charge in [-0.3, -0.25) is 4.99 Å². The summed E-state index contributed by atoms with van der Waals surface area (Å²) in [5.41, 5.74) is 2.65. The quantitative estimate of drug-likeness (QED) is 0.472. The lowest BCUT2D eigenvalue weighted by molar-refractivity contribution is 0.197. The van der Waals surface area contributed by atoms with E-state index < -0.39 is 0 Å². The Morgan fingerprint density at radius 3 is 2.75 bits per heavy atom. The standard InChI is InChI=1S/C16H27N3O/c1-5-17-16(18-11-8-12-20-4)19(3)13-15-10-7-6-9-14(15)2/h6-7,9-10H,5,8,11-13H2,1-4H3,(H,17,18). The van der Waals surface area contributed by atoms with Gasteiger partial charge in [0, 0.05) is 40.4 Å². The molecule has 4 heteroatoms. The zero-order valence-corrected chi connectivity index (χ0v) is 13.1. The summed E-state index contributed by atoms with van der Waals surface area (Å²) in [5.74, 6) is 0.951. The van der Waals surface area contributed by atoms with Crippen molar-refractivity contribution < 1.29 is 4.74 Å². The van der Waals surface area contributed by atoms with Crippen LogP contribution in [0.15, 0.2) is 29.3 Å². The molecule has 20 heavy (non-hydrogen) atoms. The van der Waals surface area contributed by atoms with E-state index in [1.54, 1.807) is 7.11 Å². The molecule has 0 saturated heterocycles. The molecule has 0 radical (unpaired) electrons. The molecule has 0 amide bonds. The van der Waals surface area contributed by atoms with Crippen molar-refractivity contribution in [3.05, 3.63) is 35.4 Å². The second-order valence-electron chi connectivity index (χ2n) is 4.86. The fourth-order valence-electron chi connectivity index (χ4n) is 1.98. The Morgan fingerprint density at radius 2 is 2.10 bits per heavy atom. The van der Waals surface area contributed by atoms with Crippen molar-refractivity contribution in [1.29, 1.82) is 0 Å². The Balaban J connectivity index is 2.63. The van der Waals surface area contributed by atoms with Gasteiger partial charge in [0.25, 0.3) is 0 Å². The third-order valence-electron chi connectivity index (χ3n) is 3.13. The van der Waals surface area contributed by atoms with E-state index in [0.717, 1.165) is 38.6 Å². The molecule has 0 aromatic heterocycles. The summed E-state index contributed by atoms with van der Waals surface area (Å²) in [4.78, 5) is 6.79. The van der Waals surface area contributed by atoms with E-state index >= 15 is 0 Å². The van der Waals surface area contributed by atoms with Crippen molar-refractivity contribution in [2.45, 2.75) is 26.8 Å². The minimum atomic E-state index is 0.754. The van der Waals surface area contributed by atoms with Gasteiger partial charge in [-0.2, -0.15) is 0 Å². The topological polar surface area (TPSA) is 36.9 Å². The number of aryl methyl sites for hydroxylation is 1. The van der Waals surface area contributed by atoms with E-state index in [0.29, 0.717) is 0 Å². The van der Waals surface area contributed by atoms with Crippen LogP contribution in [0.4, 0.5) is 0 Å². The number of rotatable bonds is 7. The minimum Gasteiger partial charge on any atom is -0.385 e. The zero-order chi connectivity index (χ0) is 14.8. The van der Waals surface area contributed by atoms with Crippen LogP contribution >= 0.6 is 0 Å². The summed E-state index contributed by atoms with van der Waals surface area (Å²) in [7, 11) is 3.80. The van der Waals surface area contributed by atoms with Crippen molar-refractivity contribution in [2.24, 2.45) is 4.99 Å². The molecule has 0 saturated carbocycles. The number of hydrogen-bond acceptors (Lipinski definition) is 2. The van der Waals surface area contributed by atoms with Gasteiger partial charge >= 0.3 is 0 Å². The van der Waals surface area contributed by atoms with Crippen molar-refractivity contribution in [3.8, 4) is 0 Å². The molecular formula is C16H27N3O. The smallest absolute Gasteiger partial charge is 0.193 e. The van der Waals surface area contributed by atoms with Gasteiger partial charge in [-0.15, -0.1) is 0 Å². The number of benzene rings is 1. The Morgan fingerprint density at radius 1 is 1.35 bits per heavy atom. The molecule has 0 atom stereocenters. The molecule has 4 nitrogen and oxygen atoms in total. The first kappa shape index (κ1) is 16.5. The molecule has 0 heterocycles. The molecular weight excluding hydrogens is 250 g/mol. The molecule has 0 aliphatic heterocycles. The van der Waals surface area contributed by atoms with Crippen LogP contribution in [-0.4, -0.2) is 44.7 Å². The molecule has 0 spiro atoms. The highest BCUT2D eigenvalue weighted by Gasteiger charge is 2.07. The van der Waals surface area contributed by atoms with Gasteiger partial charge < -0.3 is 15.0 Å². The molecule has 1 aromatic carbocycles. The van der Waals surface area contributed by atoms with Gasteiger partial charge in [0.15, 0.2) is 5.96 Å². The number of aliphatic imine (C=N–C) groups is 1. The van der Waals surface area contributed by atoms with E-state index in [1.165, 1.54) is 11.1 Å². The van der Waals surface area contributed by atoms with Gasteiger partial charge in [-0.25, -0.2) is 0 Å². The van der Waals surface area contributed by atoms with Crippen molar-refractivity contribution >= 4 is 5.96 Å². The van der Waals surface area contributed by atoms with E-state index in [-0.39, 0.29) is 0 Å². The molecule has 1 aromatic rings. The van der Waals surface area contributed by atoms with Crippen LogP contribution in [0.2, 0.25) is 0 Å². The molecule has 0 bridgehead atoms. The van der Waals surface area contributed by atoms with Crippen LogP contribution in [0.25, 0.3) is 0 Å². The van der Waals surface area contributed by atoms with Gasteiger partial charge in [0.05, 0.1) is 0 Å². The first-order valence-corrected chi connectivity index (χ1v) is 7.22. The second-order valence-corrected chi connectivity index (χ2v) is 4.86. The second kappa shape index (κ2) is 9.37. The third-order valence-corrected chi connectivity index (χ3v) is 3.13. The van der Waals surface area contributed by atoms with Crippen LogP contribution in [-0.2, 0) is 11.3 Å². The highest BCUT2D eigenvalue weighted by Crippen LogP contribution is 2.09. The van der Waals surface area contributed by atoms with Crippen LogP contribution < -0.4 is 5.32 Å². The average molecular weight is 277 g/mol. The summed E-state index contributed by atoms with van der Waals surface area (Å²) in [6, 6.07) is 8.47. The molecule has 1 N–H and O–H groups in total. The number of ether oxygens (including phenoxy) is 1. The maximum atomic E-state index is 5.05. The van der Waals surface area contributed by atoms with Crippen LogP contribution in [0.5, 0.6) is 0 Å². The number of guanidine groups is 1. The maximum Gasteiger partial charge on any atom is 0.193 e. The van der Waals surface area contributed by atoms with Gasteiger partial charge in [0.1, 0.15) is 0 Å². The fourth-order valence-corrected chi connectivity index (χ4v) is 1.98. The largest absolute Gasteiger partial charge is 0.385 e. The first-order chi connectivity index (χ1) is 9.69. The van der Waals surface area contributed by atoms with Crippen molar-refractivity contribution in [1.82, 2.24) is 10.2 Å². The predicted octanol–water partition coefficient (Wildman–Crippen LogP) is 2.43. The predicted molar refractivity (Wildman–Crippen MR) is 85.1 cm³/mol. The summed E-state index contributed by atoms with van der Waals surface area (Å²) in [6.45, 7) is 7.51. The van der Waals surface area contributed by atoms with Gasteiger partial charge in [0.2, 0.25) is 0 Å². The Kier molecular flexibility index (Phi) is 7.73. The van der Waals surface area contributed by atoms with E-state index in [1.807, 2.05) is 0 Å². The normalized spacial score (nSPS) is 11.5. The summed E-state index contributed by atoms with van der Waals surface area (Å²) >= 11 is 0. The molecule has 0 aliphatic rings. The Hall–Kier alpha value is -1.55. The molecule has 0 fully saturated rings. The van der Waals surface area contributed by atoms with E-state index in [9.17, 15) is 0 Å². The SMILES string of the molecule is CCNC(=NCCCOC)N(C)Cc1ccccc1C. The average Bonchev–Trinajstić information content (AvgIpc) is 2.44. The minimum absolute atomic E-state index is 0.754. The van der Waals surface area contributed by atoms with Crippen LogP contribution in [0.3, 0.4) is 0 Å². The maximum absolute atomic E-state index is 5.05. The molecule has 0 aliphatic carbocycles. The third kappa shape index (κ3) is 5.61. The number of nitrogens with one attached hydrogen (secondary N) is 1. The molecule has 1 rings (SSSR count). The first-order valence-electron chi connectivity index (χ1n) is 7.22. The number of nitrogens with zero attached hydrogens (tertiary/aromatic N) is 2. The number of hydrogen-bond donors (Lipinski definition) is 1. The van der Waals surface area contributed by atoms with E-state index in [2.05, 4.69) is 60.4 Å². The van der Waals surface area contributed by atoms with Gasteiger partial charge in [-0.05, 0) is 31.4 Å².